The Bertz CT molecular complexity index is 1430. The molecule has 0 aliphatic rings. The fourth-order valence-corrected chi connectivity index (χ4v) is 4.70. The van der Waals surface area contributed by atoms with E-state index in [0.717, 1.165) is 31.7 Å². The highest BCUT2D eigenvalue weighted by atomic mass is 32.1. The summed E-state index contributed by atoms with van der Waals surface area (Å²) in [6, 6.07) is 5.77. The van der Waals surface area contributed by atoms with Crippen molar-refractivity contribution in [3.63, 3.8) is 0 Å². The van der Waals surface area contributed by atoms with E-state index in [0.29, 0.717) is 22.6 Å². The molecular weight excluding hydrogens is 392 g/mol. The molecule has 4 heterocycles. The highest BCUT2D eigenvalue weighted by Crippen LogP contribution is 2.33. The van der Waals surface area contributed by atoms with Crippen molar-refractivity contribution >= 4 is 59.1 Å². The maximum Gasteiger partial charge on any atom is 0.275 e. The quantitative estimate of drug-likeness (QED) is 0.454. The van der Waals surface area contributed by atoms with Gasteiger partial charge >= 0.3 is 0 Å². The van der Waals surface area contributed by atoms with Gasteiger partial charge in [-0.05, 0) is 25.1 Å². The SMILES string of the molecule is C=C(C)CNc1ncnc2sc3c(=O)n(-c4ccc5scnc5c4)cnc3c12. The molecule has 0 amide bonds. The standard InChI is InChI=1S/C19H14N6OS2/c1-10(2)6-20-17-14-15-16(28-18(14)22-7-21-17)19(26)25(8-23-15)11-3-4-13-12(5-11)24-9-27-13/h3-5,7-9H,1,6H2,2H3,(H,20,21,22). The number of thiazole rings is 1. The Morgan fingerprint density at radius 2 is 2.14 bits per heavy atom. The number of nitrogens with zero attached hydrogens (tertiary/aromatic N) is 5. The highest BCUT2D eigenvalue weighted by molar-refractivity contribution is 7.25. The van der Waals surface area contributed by atoms with Gasteiger partial charge in [0.25, 0.3) is 5.56 Å². The Morgan fingerprint density at radius 3 is 3.00 bits per heavy atom. The Hall–Kier alpha value is -3.17. The lowest BCUT2D eigenvalue weighted by Gasteiger charge is -2.07. The van der Waals surface area contributed by atoms with Crippen LogP contribution in [0.4, 0.5) is 5.82 Å². The number of nitrogens with one attached hydrogen (secondary N) is 1. The van der Waals surface area contributed by atoms with Gasteiger partial charge < -0.3 is 5.32 Å². The monoisotopic (exact) mass is 406 g/mol. The molecule has 0 aliphatic heterocycles. The van der Waals surface area contributed by atoms with Crippen molar-refractivity contribution < 1.29 is 0 Å². The van der Waals surface area contributed by atoms with Crippen LogP contribution in [0.3, 0.4) is 0 Å². The third kappa shape index (κ3) is 2.67. The number of anilines is 1. The molecule has 0 aliphatic carbocycles. The average molecular weight is 406 g/mol. The van der Waals surface area contributed by atoms with Crippen molar-refractivity contribution in [3.05, 3.63) is 58.9 Å². The zero-order chi connectivity index (χ0) is 19.3. The van der Waals surface area contributed by atoms with Crippen molar-refractivity contribution in [2.75, 3.05) is 11.9 Å². The van der Waals surface area contributed by atoms with E-state index in [2.05, 4.69) is 31.8 Å². The maximum absolute atomic E-state index is 13.2. The molecule has 5 rings (SSSR count). The molecule has 1 aromatic carbocycles. The van der Waals surface area contributed by atoms with Crippen LogP contribution in [-0.4, -0.2) is 31.0 Å². The molecule has 0 radical (unpaired) electrons. The molecule has 4 aromatic heterocycles. The van der Waals surface area contributed by atoms with Crippen molar-refractivity contribution in [3.8, 4) is 5.69 Å². The summed E-state index contributed by atoms with van der Waals surface area (Å²) in [6.45, 7) is 6.43. The highest BCUT2D eigenvalue weighted by Gasteiger charge is 2.17. The van der Waals surface area contributed by atoms with Crippen LogP contribution in [-0.2, 0) is 0 Å². The van der Waals surface area contributed by atoms with Crippen LogP contribution in [0.15, 0.2) is 53.3 Å². The Kier molecular flexibility index (Phi) is 3.92. The molecule has 138 valence electrons. The molecule has 0 fully saturated rings. The molecule has 9 heteroatoms. The molecule has 7 nitrogen and oxygen atoms in total. The largest absolute Gasteiger partial charge is 0.366 e. The van der Waals surface area contributed by atoms with Gasteiger partial charge in [-0.2, -0.15) is 0 Å². The second-order valence-corrected chi connectivity index (χ2v) is 8.30. The van der Waals surface area contributed by atoms with Crippen LogP contribution in [0.25, 0.3) is 36.3 Å². The minimum atomic E-state index is -0.131. The first-order valence-corrected chi connectivity index (χ1v) is 10.2. The number of aromatic nitrogens is 5. The summed E-state index contributed by atoms with van der Waals surface area (Å²) in [5.74, 6) is 0.660. The first kappa shape index (κ1) is 17.0. The van der Waals surface area contributed by atoms with Crippen molar-refractivity contribution in [2.24, 2.45) is 0 Å². The molecule has 0 spiro atoms. The van der Waals surface area contributed by atoms with Gasteiger partial charge in [0.1, 0.15) is 33.5 Å². The van der Waals surface area contributed by atoms with Crippen molar-refractivity contribution in [2.45, 2.75) is 6.92 Å². The summed E-state index contributed by atoms with van der Waals surface area (Å²) < 4.78 is 3.18. The summed E-state index contributed by atoms with van der Waals surface area (Å²) >= 11 is 2.90. The molecule has 0 saturated carbocycles. The van der Waals surface area contributed by atoms with E-state index in [1.54, 1.807) is 27.7 Å². The number of benzene rings is 1. The van der Waals surface area contributed by atoms with Gasteiger partial charge in [0.05, 0.1) is 26.8 Å². The number of hydrogen-bond donors (Lipinski definition) is 1. The third-order valence-electron chi connectivity index (χ3n) is 4.33. The fraction of sp³-hybridized carbons (Fsp3) is 0.105. The zero-order valence-electron chi connectivity index (χ0n) is 14.8. The number of thiophene rings is 1. The van der Waals surface area contributed by atoms with E-state index in [1.165, 1.54) is 17.7 Å². The molecular formula is C19H14N6OS2. The Morgan fingerprint density at radius 1 is 1.25 bits per heavy atom. The predicted octanol–water partition coefficient (Wildman–Crippen LogP) is 3.99. The van der Waals surface area contributed by atoms with E-state index >= 15 is 0 Å². The lowest BCUT2D eigenvalue weighted by atomic mass is 10.2. The van der Waals surface area contributed by atoms with Crippen molar-refractivity contribution in [1.82, 2.24) is 24.5 Å². The number of hydrogen-bond acceptors (Lipinski definition) is 8. The van der Waals surface area contributed by atoms with Crippen LogP contribution in [0.2, 0.25) is 0 Å². The lowest BCUT2D eigenvalue weighted by molar-refractivity contribution is 0.969. The maximum atomic E-state index is 13.2. The van der Waals surface area contributed by atoms with Crippen LogP contribution in [0, 0.1) is 0 Å². The van der Waals surface area contributed by atoms with Crippen LogP contribution < -0.4 is 10.9 Å². The molecule has 0 atom stereocenters. The summed E-state index contributed by atoms with van der Waals surface area (Å²) in [5, 5.41) is 4.01. The van der Waals surface area contributed by atoms with Crippen LogP contribution in [0.5, 0.6) is 0 Å². The van der Waals surface area contributed by atoms with Gasteiger partial charge in [0, 0.05) is 6.54 Å². The van der Waals surface area contributed by atoms with E-state index in [1.807, 2.05) is 25.1 Å². The molecule has 0 bridgehead atoms. The average Bonchev–Trinajstić information content (AvgIpc) is 3.31. The molecule has 28 heavy (non-hydrogen) atoms. The summed E-state index contributed by atoms with van der Waals surface area (Å²) in [4.78, 5) is 31.5. The van der Waals surface area contributed by atoms with E-state index < -0.39 is 0 Å². The Balaban J connectivity index is 1.71. The first-order valence-electron chi connectivity index (χ1n) is 8.48. The fourth-order valence-electron chi connectivity index (χ4n) is 3.01. The second-order valence-electron chi connectivity index (χ2n) is 6.42. The van der Waals surface area contributed by atoms with Gasteiger partial charge in [-0.15, -0.1) is 22.7 Å². The Labute approximate surface area is 167 Å². The van der Waals surface area contributed by atoms with Gasteiger partial charge in [0.15, 0.2) is 0 Å². The number of fused-ring (bicyclic) bond motifs is 4. The van der Waals surface area contributed by atoms with Crippen molar-refractivity contribution in [1.29, 1.82) is 0 Å². The summed E-state index contributed by atoms with van der Waals surface area (Å²) in [6.07, 6.45) is 3.05. The van der Waals surface area contributed by atoms with Crippen LogP contribution >= 0.6 is 22.7 Å². The van der Waals surface area contributed by atoms with Crippen LogP contribution in [0.1, 0.15) is 6.92 Å². The minimum Gasteiger partial charge on any atom is -0.366 e. The van der Waals surface area contributed by atoms with E-state index in [-0.39, 0.29) is 5.56 Å². The van der Waals surface area contributed by atoms with Gasteiger partial charge in [-0.3, -0.25) is 9.36 Å². The minimum absolute atomic E-state index is 0.131. The normalized spacial score (nSPS) is 11.5. The number of rotatable bonds is 4. The first-order chi connectivity index (χ1) is 13.6. The van der Waals surface area contributed by atoms with Gasteiger partial charge in [-0.25, -0.2) is 19.9 Å². The molecule has 0 unspecified atom stereocenters. The summed E-state index contributed by atoms with van der Waals surface area (Å²) in [7, 11) is 0. The smallest absolute Gasteiger partial charge is 0.275 e. The zero-order valence-corrected chi connectivity index (χ0v) is 16.5. The van der Waals surface area contributed by atoms with Gasteiger partial charge in [0.2, 0.25) is 0 Å². The van der Waals surface area contributed by atoms with E-state index in [9.17, 15) is 4.79 Å². The summed E-state index contributed by atoms with van der Waals surface area (Å²) in [5.41, 5.74) is 4.86. The lowest BCUT2D eigenvalue weighted by Crippen LogP contribution is -2.17. The van der Waals surface area contributed by atoms with Gasteiger partial charge in [-0.1, -0.05) is 12.2 Å². The van der Waals surface area contributed by atoms with E-state index in [4.69, 9.17) is 0 Å². The molecule has 1 N–H and O–H groups in total. The predicted molar refractivity (Wildman–Crippen MR) is 115 cm³/mol. The second kappa shape index (κ2) is 6.47. The third-order valence-corrected chi connectivity index (χ3v) is 6.21. The topological polar surface area (TPSA) is 85.6 Å². The molecule has 5 aromatic rings. The molecule has 0 saturated heterocycles.